The summed E-state index contributed by atoms with van der Waals surface area (Å²) in [6.07, 6.45) is 8.22. The van der Waals surface area contributed by atoms with Crippen LogP contribution in [0.25, 0.3) is 5.70 Å². The molecule has 5 rings (SSSR count). The lowest BCUT2D eigenvalue weighted by Crippen LogP contribution is -2.43. The molecule has 2 fully saturated rings. The summed E-state index contributed by atoms with van der Waals surface area (Å²) in [4.78, 5) is 42.0. The predicted octanol–water partition coefficient (Wildman–Crippen LogP) is 3.18. The number of ketones is 1. The molecule has 3 heterocycles. The minimum absolute atomic E-state index is 0.0913. The third-order valence-corrected chi connectivity index (χ3v) is 9.81. The molecule has 12 nitrogen and oxygen atoms in total. The topological polar surface area (TPSA) is 207 Å². The maximum atomic E-state index is 14.3. The monoisotopic (exact) mass is 604 g/mol. The van der Waals surface area contributed by atoms with Gasteiger partial charge in [-0.25, -0.2) is 14.8 Å². The number of anilines is 1. The molecule has 43 heavy (non-hydrogen) atoms. The van der Waals surface area contributed by atoms with Gasteiger partial charge in [0.05, 0.1) is 16.7 Å². The van der Waals surface area contributed by atoms with Crippen LogP contribution in [0.2, 0.25) is 0 Å². The Morgan fingerprint density at radius 1 is 1.30 bits per heavy atom. The fraction of sp³-hybridized carbons (Fsp3) is 0.467. The molecule has 0 radical (unpaired) electrons. The highest BCUT2D eigenvalue weighted by atomic mass is 32.1. The van der Waals surface area contributed by atoms with Crippen LogP contribution in [0.1, 0.15) is 73.7 Å². The number of aliphatic imine (C=N–C) groups is 1. The Kier molecular flexibility index (Phi) is 8.52. The van der Waals surface area contributed by atoms with Crippen LogP contribution < -0.4 is 21.9 Å². The average molecular weight is 605 g/mol. The summed E-state index contributed by atoms with van der Waals surface area (Å²) < 4.78 is 6.26. The van der Waals surface area contributed by atoms with E-state index in [1.165, 1.54) is 17.6 Å². The van der Waals surface area contributed by atoms with Gasteiger partial charge in [0, 0.05) is 28.8 Å². The van der Waals surface area contributed by atoms with Gasteiger partial charge in [-0.1, -0.05) is 0 Å². The molecule has 0 bridgehead atoms. The number of carbonyl (C=O) groups is 2. The van der Waals surface area contributed by atoms with Crippen LogP contribution in [0.5, 0.6) is 5.88 Å². The maximum Gasteiger partial charge on any atom is 0.351 e. The number of fused-ring (bicyclic) bond motifs is 2. The number of nitrogens with two attached hydrogens (primary N) is 3. The van der Waals surface area contributed by atoms with Gasteiger partial charge >= 0.3 is 5.97 Å². The Labute approximate surface area is 253 Å². The number of carboxylic acid groups (broad SMARTS) is 1. The fourth-order valence-corrected chi connectivity index (χ4v) is 7.80. The summed E-state index contributed by atoms with van der Waals surface area (Å²) >= 11 is 1.39. The highest BCUT2D eigenvalue weighted by Gasteiger charge is 2.49. The summed E-state index contributed by atoms with van der Waals surface area (Å²) in [5, 5.41) is 19.4. The summed E-state index contributed by atoms with van der Waals surface area (Å²) in [6, 6.07) is 3.98. The molecule has 13 heteroatoms. The van der Waals surface area contributed by atoms with Gasteiger partial charge < -0.3 is 27.0 Å². The molecule has 0 aromatic carbocycles. The van der Waals surface area contributed by atoms with Crippen molar-refractivity contribution in [3.63, 3.8) is 0 Å². The number of likely N-dealkylation sites (tertiary alicyclic amines) is 1. The Balaban J connectivity index is 1.56. The lowest BCUT2D eigenvalue weighted by Gasteiger charge is -2.40. The molecule has 0 amide bonds. The van der Waals surface area contributed by atoms with E-state index >= 15 is 0 Å². The van der Waals surface area contributed by atoms with Crippen molar-refractivity contribution < 1.29 is 19.4 Å². The number of likely N-dealkylation sites (N-methyl/N-ethyl adjacent to an activating group) is 1. The zero-order valence-corrected chi connectivity index (χ0v) is 25.1. The summed E-state index contributed by atoms with van der Waals surface area (Å²) in [5.41, 5.74) is 18.9. The van der Waals surface area contributed by atoms with Gasteiger partial charge in [0.15, 0.2) is 17.4 Å². The van der Waals surface area contributed by atoms with Crippen molar-refractivity contribution in [1.29, 1.82) is 5.26 Å². The molecule has 2 aromatic rings. The van der Waals surface area contributed by atoms with Crippen molar-refractivity contribution in [1.82, 2.24) is 14.9 Å². The number of carbonyl (C=O) groups excluding carboxylic acids is 1. The summed E-state index contributed by atoms with van der Waals surface area (Å²) in [5.74, 6) is -0.901. The van der Waals surface area contributed by atoms with Crippen molar-refractivity contribution in [2.45, 2.75) is 75.9 Å². The molecule has 1 saturated carbocycles. The first-order valence-corrected chi connectivity index (χ1v) is 15.2. The average Bonchev–Trinajstić information content (AvgIpc) is 3.56. The lowest BCUT2D eigenvalue weighted by molar-refractivity contribution is -0.132. The molecule has 7 N–H and O–H groups in total. The van der Waals surface area contributed by atoms with Crippen LogP contribution in [-0.4, -0.2) is 63.7 Å². The van der Waals surface area contributed by atoms with Crippen molar-refractivity contribution in [2.24, 2.45) is 16.5 Å². The van der Waals surface area contributed by atoms with E-state index in [0.29, 0.717) is 41.8 Å². The SMILES string of the molecule is C[C@H](Oc1cc(N=CC=C(N)C(=O)O)nc(C(N)=C2CCC[C@@]3(CCCc4sc(N)c(C#N)c43)C2=O)n1)[C@@H]1CCCN1C. The zero-order chi connectivity index (χ0) is 30.9. The van der Waals surface area contributed by atoms with Crippen LogP contribution >= 0.6 is 11.3 Å². The first-order valence-electron chi connectivity index (χ1n) is 14.4. The summed E-state index contributed by atoms with van der Waals surface area (Å²) in [7, 11) is 2.06. The van der Waals surface area contributed by atoms with E-state index in [-0.39, 0.29) is 46.8 Å². The number of nitrogen functional groups attached to an aromatic ring is 1. The molecular formula is C30H36N8O4S. The molecular weight excluding hydrogens is 568 g/mol. The Bertz CT molecular complexity index is 1590. The highest BCUT2D eigenvalue weighted by molar-refractivity contribution is 7.16. The van der Waals surface area contributed by atoms with Crippen LogP contribution in [0.15, 0.2) is 28.4 Å². The minimum atomic E-state index is -1.27. The number of ether oxygens (including phenoxy) is 1. The van der Waals surface area contributed by atoms with Crippen molar-refractivity contribution >= 4 is 45.8 Å². The zero-order valence-electron chi connectivity index (χ0n) is 24.3. The van der Waals surface area contributed by atoms with Gasteiger partial charge in [0.2, 0.25) is 5.88 Å². The molecule has 1 aliphatic heterocycles. The van der Waals surface area contributed by atoms with Gasteiger partial charge in [-0.15, -0.1) is 11.3 Å². The van der Waals surface area contributed by atoms with Gasteiger partial charge in [-0.2, -0.15) is 10.2 Å². The predicted molar refractivity (Wildman–Crippen MR) is 164 cm³/mol. The minimum Gasteiger partial charge on any atom is -0.477 e. The molecule has 1 spiro atoms. The van der Waals surface area contributed by atoms with Crippen LogP contribution in [0, 0.1) is 11.3 Å². The fourth-order valence-electron chi connectivity index (χ4n) is 6.64. The van der Waals surface area contributed by atoms with E-state index in [1.54, 1.807) is 6.07 Å². The number of thiophene rings is 1. The first-order chi connectivity index (χ1) is 20.6. The van der Waals surface area contributed by atoms with E-state index in [1.807, 2.05) is 6.92 Å². The molecule has 3 atom stereocenters. The number of nitriles is 1. The largest absolute Gasteiger partial charge is 0.477 e. The number of Topliss-reactive ketones (excluding diaryl/α,β-unsaturated/α-hetero) is 1. The third kappa shape index (κ3) is 5.72. The van der Waals surface area contributed by atoms with Gasteiger partial charge in [0.25, 0.3) is 0 Å². The van der Waals surface area contributed by atoms with Crippen molar-refractivity contribution in [3.05, 3.63) is 45.2 Å². The number of allylic oxidation sites excluding steroid dienone is 2. The number of nitrogens with zero attached hydrogens (tertiary/aromatic N) is 5. The van der Waals surface area contributed by atoms with Crippen molar-refractivity contribution in [3.8, 4) is 11.9 Å². The van der Waals surface area contributed by atoms with Gasteiger partial charge in [-0.3, -0.25) is 9.69 Å². The second kappa shape index (κ2) is 12.1. The first kappa shape index (κ1) is 30.2. The standard InChI is InChI=1S/C30H36N8O4S/c1-16(20-7-5-13-38(20)2)42-23-14-22(35-12-9-19(32)29(40)41)36-28(37-23)25(33)17-6-3-10-30(26(17)39)11-4-8-21-24(30)18(15-31)27(34)43-21/h9,12,14,16,20H,3-8,10-11,13,32-34H2,1-2H3,(H,40,41)/t16-,20-,30-/m0/s1. The highest BCUT2D eigenvalue weighted by Crippen LogP contribution is 2.52. The normalized spacial score (nSPS) is 24.6. The number of aryl methyl sites for hydroxylation is 1. The van der Waals surface area contributed by atoms with E-state index in [0.717, 1.165) is 48.7 Å². The molecule has 226 valence electrons. The number of hydrogen-bond donors (Lipinski definition) is 4. The van der Waals surface area contributed by atoms with Crippen LogP contribution in [0.4, 0.5) is 10.8 Å². The number of carboxylic acids is 1. The Morgan fingerprint density at radius 3 is 2.72 bits per heavy atom. The number of rotatable bonds is 7. The van der Waals surface area contributed by atoms with Crippen LogP contribution in [-0.2, 0) is 21.4 Å². The van der Waals surface area contributed by atoms with Crippen LogP contribution in [0.3, 0.4) is 0 Å². The molecule has 1 saturated heterocycles. The third-order valence-electron chi connectivity index (χ3n) is 8.73. The number of hydrogen-bond acceptors (Lipinski definition) is 12. The van der Waals surface area contributed by atoms with E-state index < -0.39 is 11.4 Å². The quantitative estimate of drug-likeness (QED) is 0.266. The molecule has 0 unspecified atom stereocenters. The lowest BCUT2D eigenvalue weighted by atomic mass is 9.61. The molecule has 2 aliphatic carbocycles. The van der Waals surface area contributed by atoms with Gasteiger partial charge in [0.1, 0.15) is 22.9 Å². The molecule has 3 aliphatic rings. The van der Waals surface area contributed by atoms with E-state index in [4.69, 9.17) is 27.0 Å². The number of aromatic nitrogens is 2. The maximum absolute atomic E-state index is 14.3. The Hall–Kier alpha value is -4.28. The second-order valence-corrected chi connectivity index (χ2v) is 12.5. The Morgan fingerprint density at radius 2 is 2.05 bits per heavy atom. The molecule has 2 aromatic heterocycles. The number of aliphatic carboxylic acids is 1. The van der Waals surface area contributed by atoms with E-state index in [2.05, 4.69) is 33.0 Å². The van der Waals surface area contributed by atoms with E-state index in [9.17, 15) is 14.9 Å². The smallest absolute Gasteiger partial charge is 0.351 e. The second-order valence-electron chi connectivity index (χ2n) is 11.4. The van der Waals surface area contributed by atoms with Gasteiger partial charge in [-0.05, 0) is 83.5 Å². The summed E-state index contributed by atoms with van der Waals surface area (Å²) in [6.45, 7) is 2.96. The van der Waals surface area contributed by atoms with Crippen molar-refractivity contribution in [2.75, 3.05) is 19.3 Å².